The van der Waals surface area contributed by atoms with Crippen molar-refractivity contribution in [3.63, 3.8) is 0 Å². The van der Waals surface area contributed by atoms with E-state index in [4.69, 9.17) is 4.74 Å². The molecule has 1 aliphatic carbocycles. The summed E-state index contributed by atoms with van der Waals surface area (Å²) in [4.78, 5) is 13.2. The summed E-state index contributed by atoms with van der Waals surface area (Å²) in [6, 6.07) is 3.78. The van der Waals surface area contributed by atoms with E-state index in [2.05, 4.69) is 45.9 Å². The number of esters is 1. The molecule has 1 aliphatic rings. The summed E-state index contributed by atoms with van der Waals surface area (Å²) in [5.74, 6) is -0.271. The van der Waals surface area contributed by atoms with Crippen molar-refractivity contribution in [3.8, 4) is 0 Å². The van der Waals surface area contributed by atoms with Crippen molar-refractivity contribution >= 4 is 23.4 Å². The second-order valence-electron chi connectivity index (χ2n) is 6.85. The van der Waals surface area contributed by atoms with E-state index in [0.717, 1.165) is 4.88 Å². The van der Waals surface area contributed by atoms with Gasteiger partial charge >= 0.3 is 5.97 Å². The topological polar surface area (TPSA) is 26.3 Å². The molecule has 1 aromatic heterocycles. The van der Waals surface area contributed by atoms with E-state index in [1.807, 2.05) is 12.1 Å². The smallest absolute Gasteiger partial charge is 0.348 e. The van der Waals surface area contributed by atoms with Gasteiger partial charge in [-0.15, -0.1) is 11.3 Å². The minimum Gasteiger partial charge on any atom is -0.465 e. The van der Waals surface area contributed by atoms with Crippen LogP contribution in [-0.2, 0) is 4.74 Å². The van der Waals surface area contributed by atoms with Crippen LogP contribution in [0.1, 0.15) is 61.5 Å². The van der Waals surface area contributed by atoms with Gasteiger partial charge in [0.25, 0.3) is 0 Å². The van der Waals surface area contributed by atoms with Crippen LogP contribution >= 0.6 is 11.3 Å². The molecule has 0 aromatic carbocycles. The van der Waals surface area contributed by atoms with E-state index in [-0.39, 0.29) is 11.4 Å². The Morgan fingerprint density at radius 2 is 2.09 bits per heavy atom. The molecular formula is C20H26O2S. The molecule has 0 spiro atoms. The maximum Gasteiger partial charge on any atom is 0.348 e. The van der Waals surface area contributed by atoms with Crippen molar-refractivity contribution in [1.82, 2.24) is 0 Å². The number of carbonyl (C=O) groups excluding carboxylic acids is 1. The molecule has 0 aliphatic heterocycles. The molecule has 3 heteroatoms. The summed E-state index contributed by atoms with van der Waals surface area (Å²) in [6.07, 6.45) is 10.3. The van der Waals surface area contributed by atoms with Gasteiger partial charge < -0.3 is 4.74 Å². The summed E-state index contributed by atoms with van der Waals surface area (Å²) in [6.45, 7) is 9.01. The normalized spacial score (nSPS) is 18.6. The monoisotopic (exact) mass is 330 g/mol. The number of carbonyl (C=O) groups is 1. The Morgan fingerprint density at radius 1 is 1.35 bits per heavy atom. The SMILES string of the molecule is COC(=O)c1ccc(C=C(C)C=CC2=C(C)CCCC2(C)C)s1. The predicted molar refractivity (Wildman–Crippen MR) is 98.8 cm³/mol. The quantitative estimate of drug-likeness (QED) is 0.498. The van der Waals surface area contributed by atoms with Crippen molar-refractivity contribution < 1.29 is 9.53 Å². The first kappa shape index (κ1) is 17.7. The van der Waals surface area contributed by atoms with Crippen LogP contribution in [0.2, 0.25) is 0 Å². The predicted octanol–water partition coefficient (Wildman–Crippen LogP) is 6.02. The summed E-state index contributed by atoms with van der Waals surface area (Å²) in [7, 11) is 1.41. The average molecular weight is 330 g/mol. The zero-order valence-corrected chi connectivity index (χ0v) is 15.5. The Labute approximate surface area is 143 Å². The summed E-state index contributed by atoms with van der Waals surface area (Å²) < 4.78 is 4.75. The van der Waals surface area contributed by atoms with E-state index >= 15 is 0 Å². The molecule has 0 atom stereocenters. The van der Waals surface area contributed by atoms with Crippen LogP contribution in [0.5, 0.6) is 0 Å². The Hall–Kier alpha value is -1.61. The summed E-state index contributed by atoms with van der Waals surface area (Å²) in [5.41, 5.74) is 4.43. The number of rotatable bonds is 4. The Kier molecular flexibility index (Phi) is 5.64. The average Bonchev–Trinajstić information content (AvgIpc) is 2.93. The fraction of sp³-hybridized carbons (Fsp3) is 0.450. The Bertz CT molecular complexity index is 672. The van der Waals surface area contributed by atoms with Gasteiger partial charge in [-0.2, -0.15) is 0 Å². The molecular weight excluding hydrogens is 304 g/mol. The van der Waals surface area contributed by atoms with Crippen LogP contribution in [0.25, 0.3) is 6.08 Å². The minimum absolute atomic E-state index is 0.264. The van der Waals surface area contributed by atoms with Gasteiger partial charge in [-0.3, -0.25) is 0 Å². The lowest BCUT2D eigenvalue weighted by molar-refractivity contribution is 0.0606. The standard InChI is InChI=1S/C20H26O2S/c1-14(13-16-9-11-18(23-16)19(21)22-5)8-10-17-15(2)7-6-12-20(17,3)4/h8-11,13H,6-7,12H2,1-5H3. The molecule has 0 N–H and O–H groups in total. The first-order valence-corrected chi connectivity index (χ1v) is 8.90. The fourth-order valence-electron chi connectivity index (χ4n) is 3.14. The van der Waals surface area contributed by atoms with Gasteiger partial charge in [0.15, 0.2) is 0 Å². The van der Waals surface area contributed by atoms with Gasteiger partial charge in [-0.25, -0.2) is 4.79 Å². The van der Waals surface area contributed by atoms with E-state index in [1.165, 1.54) is 54.4 Å². The van der Waals surface area contributed by atoms with Crippen molar-refractivity contribution in [2.24, 2.45) is 5.41 Å². The van der Waals surface area contributed by atoms with Crippen molar-refractivity contribution in [2.45, 2.75) is 47.0 Å². The first-order valence-electron chi connectivity index (χ1n) is 8.08. The molecule has 23 heavy (non-hydrogen) atoms. The lowest BCUT2D eigenvalue weighted by Gasteiger charge is -2.32. The van der Waals surface area contributed by atoms with Gasteiger partial charge in [0.2, 0.25) is 0 Å². The molecule has 0 saturated heterocycles. The number of thiophene rings is 1. The highest BCUT2D eigenvalue weighted by Crippen LogP contribution is 2.40. The molecule has 1 heterocycles. The molecule has 0 fully saturated rings. The summed E-state index contributed by atoms with van der Waals surface area (Å²) >= 11 is 1.46. The van der Waals surface area contributed by atoms with Crippen molar-refractivity contribution in [1.29, 1.82) is 0 Å². The number of methoxy groups -OCH3 is 1. The van der Waals surface area contributed by atoms with E-state index in [1.54, 1.807) is 0 Å². The minimum atomic E-state index is -0.271. The fourth-order valence-corrected chi connectivity index (χ4v) is 4.08. The second kappa shape index (κ2) is 7.31. The molecule has 2 nitrogen and oxygen atoms in total. The number of hydrogen-bond donors (Lipinski definition) is 0. The number of allylic oxidation sites excluding steroid dienone is 5. The lowest BCUT2D eigenvalue weighted by Crippen LogP contribution is -2.19. The molecule has 2 rings (SSSR count). The van der Waals surface area contributed by atoms with Gasteiger partial charge in [-0.1, -0.05) is 31.6 Å². The first-order chi connectivity index (χ1) is 10.8. The number of ether oxygens (including phenoxy) is 1. The molecule has 124 valence electrons. The molecule has 0 amide bonds. The van der Waals surface area contributed by atoms with Crippen LogP contribution in [0.3, 0.4) is 0 Å². The maximum absolute atomic E-state index is 11.5. The third kappa shape index (κ3) is 4.44. The molecule has 0 radical (unpaired) electrons. The maximum atomic E-state index is 11.5. The lowest BCUT2D eigenvalue weighted by atomic mass is 9.72. The van der Waals surface area contributed by atoms with Crippen LogP contribution in [-0.4, -0.2) is 13.1 Å². The van der Waals surface area contributed by atoms with Crippen LogP contribution < -0.4 is 0 Å². The van der Waals surface area contributed by atoms with E-state index < -0.39 is 0 Å². The van der Waals surface area contributed by atoms with Gasteiger partial charge in [0.05, 0.1) is 7.11 Å². The number of hydrogen-bond acceptors (Lipinski definition) is 3. The van der Waals surface area contributed by atoms with E-state index in [0.29, 0.717) is 4.88 Å². The third-order valence-corrected chi connectivity index (χ3v) is 5.45. The zero-order chi connectivity index (χ0) is 17.0. The van der Waals surface area contributed by atoms with Crippen LogP contribution in [0.15, 0.2) is 41.0 Å². The summed E-state index contributed by atoms with van der Waals surface area (Å²) in [5, 5.41) is 0. The van der Waals surface area contributed by atoms with Gasteiger partial charge in [0.1, 0.15) is 4.88 Å². The third-order valence-electron chi connectivity index (χ3n) is 4.44. The van der Waals surface area contributed by atoms with Gasteiger partial charge in [0, 0.05) is 4.88 Å². The van der Waals surface area contributed by atoms with Crippen LogP contribution in [0.4, 0.5) is 0 Å². The Balaban J connectivity index is 2.16. The highest BCUT2D eigenvalue weighted by molar-refractivity contribution is 7.14. The molecule has 0 saturated carbocycles. The highest BCUT2D eigenvalue weighted by atomic mass is 32.1. The van der Waals surface area contributed by atoms with Crippen LogP contribution in [0, 0.1) is 5.41 Å². The molecule has 1 aromatic rings. The van der Waals surface area contributed by atoms with Crippen molar-refractivity contribution in [3.05, 3.63) is 50.8 Å². The largest absolute Gasteiger partial charge is 0.465 e. The second-order valence-corrected chi connectivity index (χ2v) is 7.96. The van der Waals surface area contributed by atoms with E-state index in [9.17, 15) is 4.79 Å². The van der Waals surface area contributed by atoms with Gasteiger partial charge in [-0.05, 0) is 67.9 Å². The Morgan fingerprint density at radius 3 is 2.74 bits per heavy atom. The highest BCUT2D eigenvalue weighted by Gasteiger charge is 2.26. The van der Waals surface area contributed by atoms with Crippen molar-refractivity contribution in [2.75, 3.05) is 7.11 Å². The molecule has 0 bridgehead atoms. The molecule has 0 unspecified atom stereocenters. The zero-order valence-electron chi connectivity index (χ0n) is 14.7.